The molecule has 0 radical (unpaired) electrons. The average molecular weight is 271 g/mol. The molecule has 0 unspecified atom stereocenters. The summed E-state index contributed by atoms with van der Waals surface area (Å²) in [6, 6.07) is 10.9. The Hall–Kier alpha value is -2.56. The van der Waals surface area contributed by atoms with E-state index in [1.54, 1.807) is 37.5 Å². The molecule has 0 saturated heterocycles. The minimum Gasteiger partial charge on any atom is -0.497 e. The molecule has 1 aromatic heterocycles. The van der Waals surface area contributed by atoms with Gasteiger partial charge in [0.25, 0.3) is 0 Å². The first-order valence-electron chi connectivity index (χ1n) is 6.24. The normalized spacial score (nSPS) is 9.90. The lowest BCUT2D eigenvalue weighted by Gasteiger charge is -2.18. The Kier molecular flexibility index (Phi) is 4.55. The van der Waals surface area contributed by atoms with E-state index in [1.807, 2.05) is 30.3 Å². The van der Waals surface area contributed by atoms with Gasteiger partial charge in [0.05, 0.1) is 7.11 Å². The van der Waals surface area contributed by atoms with E-state index in [2.05, 4.69) is 10.3 Å². The van der Waals surface area contributed by atoms with Crippen LogP contribution >= 0.6 is 0 Å². The third-order valence-corrected chi connectivity index (χ3v) is 2.84. The van der Waals surface area contributed by atoms with Gasteiger partial charge in [-0.1, -0.05) is 6.07 Å². The van der Waals surface area contributed by atoms with E-state index < -0.39 is 0 Å². The maximum Gasteiger partial charge on any atom is 0.321 e. The van der Waals surface area contributed by atoms with Crippen LogP contribution in [-0.4, -0.2) is 30.1 Å². The van der Waals surface area contributed by atoms with Crippen LogP contribution in [0.2, 0.25) is 0 Å². The number of carbonyl (C=O) groups is 1. The fourth-order valence-corrected chi connectivity index (χ4v) is 1.75. The van der Waals surface area contributed by atoms with Crippen molar-refractivity contribution >= 4 is 11.7 Å². The molecule has 0 saturated carbocycles. The summed E-state index contributed by atoms with van der Waals surface area (Å²) in [6.45, 7) is 0.526. The largest absolute Gasteiger partial charge is 0.497 e. The van der Waals surface area contributed by atoms with Crippen molar-refractivity contribution in [3.8, 4) is 5.75 Å². The summed E-state index contributed by atoms with van der Waals surface area (Å²) in [6.07, 6.45) is 3.42. The molecule has 1 N–H and O–H groups in total. The number of ether oxygens (including phenoxy) is 1. The van der Waals surface area contributed by atoms with Gasteiger partial charge >= 0.3 is 6.03 Å². The number of benzene rings is 1. The number of nitrogens with one attached hydrogen (secondary N) is 1. The molecule has 0 aliphatic carbocycles. The second-order valence-electron chi connectivity index (χ2n) is 4.37. The molecule has 2 amide bonds. The minimum absolute atomic E-state index is 0.171. The van der Waals surface area contributed by atoms with E-state index in [0.717, 1.165) is 5.56 Å². The van der Waals surface area contributed by atoms with Crippen LogP contribution in [0, 0.1) is 0 Å². The van der Waals surface area contributed by atoms with Crippen molar-refractivity contribution < 1.29 is 9.53 Å². The maximum atomic E-state index is 12.1. The third kappa shape index (κ3) is 3.71. The standard InChI is InChI=1S/C15H17N3O2/c1-18(11-12-6-8-16-9-7-12)15(19)17-13-4-3-5-14(10-13)20-2/h3-10H,11H2,1-2H3,(H,17,19). The lowest BCUT2D eigenvalue weighted by molar-refractivity contribution is 0.220. The van der Waals surface area contributed by atoms with Gasteiger partial charge in [-0.25, -0.2) is 4.79 Å². The summed E-state index contributed by atoms with van der Waals surface area (Å²) in [4.78, 5) is 17.6. The van der Waals surface area contributed by atoms with Gasteiger partial charge in [-0.15, -0.1) is 0 Å². The van der Waals surface area contributed by atoms with Crippen LogP contribution in [0.25, 0.3) is 0 Å². The summed E-state index contributed by atoms with van der Waals surface area (Å²) in [5.41, 5.74) is 1.74. The van der Waals surface area contributed by atoms with E-state index in [1.165, 1.54) is 0 Å². The molecule has 2 rings (SSSR count). The topological polar surface area (TPSA) is 54.5 Å². The summed E-state index contributed by atoms with van der Waals surface area (Å²) >= 11 is 0. The molecule has 5 nitrogen and oxygen atoms in total. The maximum absolute atomic E-state index is 12.1. The van der Waals surface area contributed by atoms with Crippen LogP contribution in [0.15, 0.2) is 48.8 Å². The molecule has 104 valence electrons. The number of nitrogens with zero attached hydrogens (tertiary/aromatic N) is 2. The first-order chi connectivity index (χ1) is 9.69. The van der Waals surface area contributed by atoms with Crippen LogP contribution in [0.1, 0.15) is 5.56 Å². The zero-order chi connectivity index (χ0) is 14.4. The molecule has 0 aliphatic rings. The van der Waals surface area contributed by atoms with Crippen LogP contribution < -0.4 is 10.1 Å². The number of carbonyl (C=O) groups excluding carboxylic acids is 1. The summed E-state index contributed by atoms with van der Waals surface area (Å²) in [5.74, 6) is 0.708. The van der Waals surface area contributed by atoms with Crippen LogP contribution in [0.4, 0.5) is 10.5 Å². The highest BCUT2D eigenvalue weighted by Gasteiger charge is 2.09. The van der Waals surface area contributed by atoms with Crippen LogP contribution in [-0.2, 0) is 6.54 Å². The van der Waals surface area contributed by atoms with Crippen LogP contribution in [0.3, 0.4) is 0 Å². The van der Waals surface area contributed by atoms with Crippen molar-refractivity contribution in [1.29, 1.82) is 0 Å². The van der Waals surface area contributed by atoms with Crippen molar-refractivity contribution in [2.45, 2.75) is 6.54 Å². The van der Waals surface area contributed by atoms with Gasteiger partial charge in [0.1, 0.15) is 5.75 Å². The van der Waals surface area contributed by atoms with Gasteiger partial charge in [0.15, 0.2) is 0 Å². The van der Waals surface area contributed by atoms with Crippen molar-refractivity contribution in [1.82, 2.24) is 9.88 Å². The minimum atomic E-state index is -0.171. The number of hydrogen-bond donors (Lipinski definition) is 1. The monoisotopic (exact) mass is 271 g/mol. The number of anilines is 1. The highest BCUT2D eigenvalue weighted by molar-refractivity contribution is 5.89. The Morgan fingerprint density at radius 2 is 2.05 bits per heavy atom. The van der Waals surface area contributed by atoms with Crippen molar-refractivity contribution in [2.24, 2.45) is 0 Å². The molecule has 0 bridgehead atoms. The van der Waals surface area contributed by atoms with Gasteiger partial charge in [-0.05, 0) is 29.8 Å². The van der Waals surface area contributed by atoms with E-state index in [9.17, 15) is 4.79 Å². The van der Waals surface area contributed by atoms with Gasteiger partial charge in [0.2, 0.25) is 0 Å². The number of hydrogen-bond acceptors (Lipinski definition) is 3. The second kappa shape index (κ2) is 6.56. The molecule has 0 spiro atoms. The quantitative estimate of drug-likeness (QED) is 0.930. The van der Waals surface area contributed by atoms with Gasteiger partial charge in [-0.3, -0.25) is 4.98 Å². The van der Waals surface area contributed by atoms with Crippen molar-refractivity contribution in [3.63, 3.8) is 0 Å². The Bertz CT molecular complexity index is 572. The number of amides is 2. The molecule has 20 heavy (non-hydrogen) atoms. The zero-order valence-corrected chi connectivity index (χ0v) is 11.5. The van der Waals surface area contributed by atoms with Crippen molar-refractivity contribution in [2.75, 3.05) is 19.5 Å². The van der Waals surface area contributed by atoms with Gasteiger partial charge in [0, 0.05) is 37.7 Å². The Balaban J connectivity index is 1.97. The summed E-state index contributed by atoms with van der Waals surface area (Å²) in [5, 5.41) is 2.83. The number of methoxy groups -OCH3 is 1. The first-order valence-corrected chi connectivity index (χ1v) is 6.24. The molecule has 0 atom stereocenters. The molecule has 5 heteroatoms. The zero-order valence-electron chi connectivity index (χ0n) is 11.5. The predicted molar refractivity (Wildman–Crippen MR) is 77.7 cm³/mol. The van der Waals surface area contributed by atoms with E-state index in [-0.39, 0.29) is 6.03 Å². The number of rotatable bonds is 4. The predicted octanol–water partition coefficient (Wildman–Crippen LogP) is 2.75. The fourth-order valence-electron chi connectivity index (χ4n) is 1.75. The molecular weight excluding hydrogens is 254 g/mol. The van der Waals surface area contributed by atoms with Gasteiger partial charge in [-0.2, -0.15) is 0 Å². The first kappa shape index (κ1) is 13.9. The second-order valence-corrected chi connectivity index (χ2v) is 4.37. The van der Waals surface area contributed by atoms with Gasteiger partial charge < -0.3 is 15.0 Å². The molecular formula is C15H17N3O2. The number of pyridine rings is 1. The highest BCUT2D eigenvalue weighted by atomic mass is 16.5. The molecule has 1 aromatic carbocycles. The molecule has 2 aromatic rings. The van der Waals surface area contributed by atoms with Crippen LogP contribution in [0.5, 0.6) is 5.75 Å². The summed E-state index contributed by atoms with van der Waals surface area (Å²) in [7, 11) is 3.34. The fraction of sp³-hybridized carbons (Fsp3) is 0.200. The smallest absolute Gasteiger partial charge is 0.321 e. The molecule has 0 aliphatic heterocycles. The SMILES string of the molecule is COc1cccc(NC(=O)N(C)Cc2ccncc2)c1. The lowest BCUT2D eigenvalue weighted by atomic mass is 10.2. The average Bonchev–Trinajstić information content (AvgIpc) is 2.48. The lowest BCUT2D eigenvalue weighted by Crippen LogP contribution is -2.30. The third-order valence-electron chi connectivity index (χ3n) is 2.84. The summed E-state index contributed by atoms with van der Waals surface area (Å²) < 4.78 is 5.12. The number of aromatic nitrogens is 1. The Morgan fingerprint density at radius 3 is 2.75 bits per heavy atom. The molecule has 1 heterocycles. The molecule has 0 fully saturated rings. The van der Waals surface area contributed by atoms with E-state index in [4.69, 9.17) is 4.74 Å². The Morgan fingerprint density at radius 1 is 1.30 bits per heavy atom. The van der Waals surface area contributed by atoms with Crippen molar-refractivity contribution in [3.05, 3.63) is 54.4 Å². The van der Waals surface area contributed by atoms with E-state index in [0.29, 0.717) is 18.0 Å². The Labute approximate surface area is 118 Å². The number of urea groups is 1. The van der Waals surface area contributed by atoms with E-state index >= 15 is 0 Å². The highest BCUT2D eigenvalue weighted by Crippen LogP contribution is 2.17.